The summed E-state index contributed by atoms with van der Waals surface area (Å²) in [6.45, 7) is 2.10. The Kier molecular flexibility index (Phi) is 4.12. The monoisotopic (exact) mass is 348 g/mol. The number of nitrogens with two attached hydrogens (primary N) is 1. The summed E-state index contributed by atoms with van der Waals surface area (Å²) in [4.78, 5) is 12.4. The number of hydrogen-bond donors (Lipinski definition) is 1. The van der Waals surface area contributed by atoms with E-state index < -0.39 is 17.4 Å². The second-order valence-corrected chi connectivity index (χ2v) is 5.69. The summed E-state index contributed by atoms with van der Waals surface area (Å²) < 4.78 is 40.7. The summed E-state index contributed by atoms with van der Waals surface area (Å²) in [6, 6.07) is 9.87. The highest BCUT2D eigenvalue weighted by atomic mass is 19.4. The zero-order valence-corrected chi connectivity index (χ0v) is 13.3. The molecule has 0 saturated carbocycles. The van der Waals surface area contributed by atoms with E-state index in [1.54, 1.807) is 12.1 Å². The first kappa shape index (κ1) is 16.8. The van der Waals surface area contributed by atoms with Gasteiger partial charge in [-0.1, -0.05) is 18.2 Å². The lowest BCUT2D eigenvalue weighted by Gasteiger charge is -2.08. The maximum Gasteiger partial charge on any atom is 0.416 e. The fraction of sp³-hybridized carbons (Fsp3) is 0.176. The van der Waals surface area contributed by atoms with Crippen LogP contribution in [0.2, 0.25) is 0 Å². The highest BCUT2D eigenvalue weighted by Gasteiger charge is 2.30. The van der Waals surface area contributed by atoms with Gasteiger partial charge in [0.25, 0.3) is 0 Å². The van der Waals surface area contributed by atoms with Gasteiger partial charge in [0, 0.05) is 5.69 Å². The average molecular weight is 348 g/mol. The molecule has 0 aliphatic rings. The van der Waals surface area contributed by atoms with Gasteiger partial charge in [0.15, 0.2) is 0 Å². The third-order valence-electron chi connectivity index (χ3n) is 3.84. The number of aromatic nitrogens is 3. The average Bonchev–Trinajstić information content (AvgIpc) is 2.91. The maximum absolute atomic E-state index is 12.8. The van der Waals surface area contributed by atoms with Crippen molar-refractivity contribution in [3.8, 4) is 5.69 Å². The summed E-state index contributed by atoms with van der Waals surface area (Å²) in [6.07, 6.45) is -3.18. The standard InChI is InChI=1S/C17H15F3N4O/c1-11-7-12(5-6-15(11)21)9-23-10-22-24(16(23)25)14-4-2-3-13(8-14)17(18,19)20/h2-8,10H,9,21H2,1H3. The molecule has 130 valence electrons. The molecule has 25 heavy (non-hydrogen) atoms. The molecule has 1 aromatic heterocycles. The molecule has 0 unspecified atom stereocenters. The van der Waals surface area contributed by atoms with E-state index in [-0.39, 0.29) is 12.2 Å². The largest absolute Gasteiger partial charge is 0.416 e. The van der Waals surface area contributed by atoms with Crippen LogP contribution in [0.25, 0.3) is 5.69 Å². The van der Waals surface area contributed by atoms with Crippen molar-refractivity contribution < 1.29 is 13.2 Å². The van der Waals surface area contributed by atoms with Gasteiger partial charge in [-0.3, -0.25) is 4.57 Å². The quantitative estimate of drug-likeness (QED) is 0.740. The van der Waals surface area contributed by atoms with Crippen molar-refractivity contribution in [2.45, 2.75) is 19.6 Å². The Balaban J connectivity index is 1.94. The molecule has 0 saturated heterocycles. The van der Waals surface area contributed by atoms with Gasteiger partial charge in [0.05, 0.1) is 17.8 Å². The van der Waals surface area contributed by atoms with Crippen molar-refractivity contribution in [2.75, 3.05) is 5.73 Å². The number of nitrogen functional groups attached to an aromatic ring is 1. The van der Waals surface area contributed by atoms with Gasteiger partial charge >= 0.3 is 11.9 Å². The number of hydrogen-bond acceptors (Lipinski definition) is 3. The summed E-state index contributed by atoms with van der Waals surface area (Å²) in [7, 11) is 0. The lowest BCUT2D eigenvalue weighted by atomic mass is 10.1. The maximum atomic E-state index is 12.8. The van der Waals surface area contributed by atoms with Gasteiger partial charge < -0.3 is 5.73 Å². The molecule has 0 aliphatic carbocycles. The smallest absolute Gasteiger partial charge is 0.399 e. The molecule has 8 heteroatoms. The Morgan fingerprint density at radius 2 is 1.92 bits per heavy atom. The molecule has 2 aromatic carbocycles. The van der Waals surface area contributed by atoms with Crippen LogP contribution >= 0.6 is 0 Å². The summed E-state index contributed by atoms with van der Waals surface area (Å²) in [5.74, 6) is 0. The molecule has 0 bridgehead atoms. The fourth-order valence-corrected chi connectivity index (χ4v) is 2.47. The normalized spacial score (nSPS) is 11.7. The minimum Gasteiger partial charge on any atom is -0.399 e. The van der Waals surface area contributed by atoms with E-state index in [0.717, 1.165) is 27.9 Å². The number of rotatable bonds is 3. The molecular formula is C17H15F3N4O. The van der Waals surface area contributed by atoms with Crippen molar-refractivity contribution in [1.29, 1.82) is 0 Å². The molecule has 3 rings (SSSR count). The molecule has 0 amide bonds. The molecule has 3 aromatic rings. The van der Waals surface area contributed by atoms with Crippen LogP contribution in [0.3, 0.4) is 0 Å². The number of benzene rings is 2. The zero-order chi connectivity index (χ0) is 18.2. The van der Waals surface area contributed by atoms with E-state index in [9.17, 15) is 18.0 Å². The number of alkyl halides is 3. The highest BCUT2D eigenvalue weighted by Crippen LogP contribution is 2.29. The SMILES string of the molecule is Cc1cc(Cn2cnn(-c3cccc(C(F)(F)F)c3)c2=O)ccc1N. The molecule has 0 radical (unpaired) electrons. The third-order valence-corrected chi connectivity index (χ3v) is 3.84. The van der Waals surface area contributed by atoms with Crippen molar-refractivity contribution in [3.05, 3.63) is 76.0 Å². The minimum atomic E-state index is -4.48. The first-order valence-corrected chi connectivity index (χ1v) is 7.43. The summed E-state index contributed by atoms with van der Waals surface area (Å²) in [5, 5.41) is 3.92. The van der Waals surface area contributed by atoms with Crippen LogP contribution in [0.15, 0.2) is 53.6 Å². The molecule has 0 atom stereocenters. The van der Waals surface area contributed by atoms with Gasteiger partial charge in [-0.15, -0.1) is 0 Å². The van der Waals surface area contributed by atoms with Crippen molar-refractivity contribution in [3.63, 3.8) is 0 Å². The second kappa shape index (κ2) is 6.12. The van der Waals surface area contributed by atoms with Gasteiger partial charge in [-0.25, -0.2) is 4.79 Å². The van der Waals surface area contributed by atoms with Gasteiger partial charge in [-0.05, 0) is 42.3 Å². The van der Waals surface area contributed by atoms with Crippen molar-refractivity contribution >= 4 is 5.69 Å². The number of nitrogens with zero attached hydrogens (tertiary/aromatic N) is 3. The Morgan fingerprint density at radius 3 is 2.60 bits per heavy atom. The topological polar surface area (TPSA) is 65.8 Å². The lowest BCUT2D eigenvalue weighted by molar-refractivity contribution is -0.137. The van der Waals surface area contributed by atoms with E-state index >= 15 is 0 Å². The Morgan fingerprint density at radius 1 is 1.16 bits per heavy atom. The molecule has 2 N–H and O–H groups in total. The Labute approximate surface area is 141 Å². The molecule has 1 heterocycles. The molecule has 5 nitrogen and oxygen atoms in total. The second-order valence-electron chi connectivity index (χ2n) is 5.69. The molecule has 0 fully saturated rings. The van der Waals surface area contributed by atoms with E-state index in [2.05, 4.69) is 5.10 Å². The third kappa shape index (κ3) is 3.42. The lowest BCUT2D eigenvalue weighted by Crippen LogP contribution is -2.24. The van der Waals surface area contributed by atoms with E-state index in [1.165, 1.54) is 23.0 Å². The first-order chi connectivity index (χ1) is 11.8. The highest BCUT2D eigenvalue weighted by molar-refractivity contribution is 5.47. The number of aryl methyl sites for hydroxylation is 1. The van der Waals surface area contributed by atoms with Crippen LogP contribution in [-0.4, -0.2) is 14.3 Å². The van der Waals surface area contributed by atoms with E-state index in [4.69, 9.17) is 5.73 Å². The van der Waals surface area contributed by atoms with Crippen molar-refractivity contribution in [1.82, 2.24) is 14.3 Å². The Hall–Kier alpha value is -3.03. The van der Waals surface area contributed by atoms with Gasteiger partial charge in [0.2, 0.25) is 0 Å². The van der Waals surface area contributed by atoms with Crippen LogP contribution < -0.4 is 11.4 Å². The van der Waals surface area contributed by atoms with Crippen LogP contribution in [0.1, 0.15) is 16.7 Å². The minimum absolute atomic E-state index is 0.0621. The summed E-state index contributed by atoms with van der Waals surface area (Å²) >= 11 is 0. The van der Waals surface area contributed by atoms with Crippen LogP contribution in [0.4, 0.5) is 18.9 Å². The predicted molar refractivity (Wildman–Crippen MR) is 87.5 cm³/mol. The number of anilines is 1. The Bertz CT molecular complexity index is 973. The van der Waals surface area contributed by atoms with Crippen LogP contribution in [0, 0.1) is 6.92 Å². The predicted octanol–water partition coefficient (Wildman–Crippen LogP) is 2.99. The summed E-state index contributed by atoms with van der Waals surface area (Å²) in [5.41, 5.74) is 6.85. The van der Waals surface area contributed by atoms with Crippen LogP contribution in [0.5, 0.6) is 0 Å². The molecule has 0 spiro atoms. The van der Waals surface area contributed by atoms with Crippen LogP contribution in [-0.2, 0) is 12.7 Å². The van der Waals surface area contributed by atoms with E-state index in [1.807, 2.05) is 13.0 Å². The van der Waals surface area contributed by atoms with Crippen molar-refractivity contribution in [2.24, 2.45) is 0 Å². The van der Waals surface area contributed by atoms with Gasteiger partial charge in [0.1, 0.15) is 6.33 Å². The molecule has 0 aliphatic heterocycles. The first-order valence-electron chi connectivity index (χ1n) is 7.43. The fourth-order valence-electron chi connectivity index (χ4n) is 2.47. The zero-order valence-electron chi connectivity index (χ0n) is 13.3. The van der Waals surface area contributed by atoms with Gasteiger partial charge in [-0.2, -0.15) is 23.0 Å². The van der Waals surface area contributed by atoms with E-state index in [0.29, 0.717) is 5.69 Å². The molecular weight excluding hydrogens is 333 g/mol. The number of halogens is 3.